The first-order chi connectivity index (χ1) is 12.4. The molecule has 26 heavy (non-hydrogen) atoms. The predicted octanol–water partition coefficient (Wildman–Crippen LogP) is 6.39. The minimum Gasteiger partial charge on any atom is -0.457 e. The third-order valence-corrected chi connectivity index (χ3v) is 5.61. The van der Waals surface area contributed by atoms with Crippen LogP contribution >= 0.6 is 46.3 Å². The van der Waals surface area contributed by atoms with Crippen LogP contribution in [0.4, 0.5) is 0 Å². The lowest BCUT2D eigenvalue weighted by Crippen LogP contribution is -2.26. The fourth-order valence-electron chi connectivity index (χ4n) is 2.23. The third-order valence-electron chi connectivity index (χ3n) is 3.56. The molecule has 0 saturated heterocycles. The molecule has 0 radical (unpaired) electrons. The molecule has 8 heteroatoms. The standard InChI is InChI=1S/C18H13Cl3N2O2S/c1-10(22-18(24)16-15(20)17(21)23-26-16)11-3-2-4-14(9-11)25-13-7-5-12(19)6-8-13/h2-10H,1H3,(H,22,24). The van der Waals surface area contributed by atoms with Crippen molar-refractivity contribution in [2.24, 2.45) is 0 Å². The Morgan fingerprint density at radius 3 is 2.50 bits per heavy atom. The summed E-state index contributed by atoms with van der Waals surface area (Å²) in [6.45, 7) is 1.87. The molecule has 1 amide bonds. The minimum absolute atomic E-state index is 0.132. The van der Waals surface area contributed by atoms with Crippen molar-refractivity contribution in [3.8, 4) is 11.5 Å². The molecule has 1 unspecified atom stereocenters. The Bertz CT molecular complexity index is 928. The SMILES string of the molecule is CC(NC(=O)c1snc(Cl)c1Cl)c1cccc(Oc2ccc(Cl)cc2)c1. The van der Waals surface area contributed by atoms with E-state index in [1.807, 2.05) is 31.2 Å². The van der Waals surface area contributed by atoms with Crippen molar-refractivity contribution in [1.29, 1.82) is 0 Å². The number of halogens is 3. The van der Waals surface area contributed by atoms with E-state index in [-0.39, 0.29) is 27.0 Å². The maximum absolute atomic E-state index is 12.3. The predicted molar refractivity (Wildman–Crippen MR) is 106 cm³/mol. The third kappa shape index (κ3) is 4.48. The van der Waals surface area contributed by atoms with E-state index < -0.39 is 0 Å². The molecule has 4 nitrogen and oxygen atoms in total. The minimum atomic E-state index is -0.323. The molecule has 1 aromatic heterocycles. The van der Waals surface area contributed by atoms with Gasteiger partial charge in [0.1, 0.15) is 21.4 Å². The number of carbonyl (C=O) groups excluding carboxylic acids is 1. The highest BCUT2D eigenvalue weighted by Gasteiger charge is 2.19. The van der Waals surface area contributed by atoms with Crippen LogP contribution in [0.5, 0.6) is 11.5 Å². The summed E-state index contributed by atoms with van der Waals surface area (Å²) in [6.07, 6.45) is 0. The van der Waals surface area contributed by atoms with Crippen LogP contribution in [-0.2, 0) is 0 Å². The molecule has 1 N–H and O–H groups in total. The lowest BCUT2D eigenvalue weighted by Gasteiger charge is -2.15. The first-order valence-corrected chi connectivity index (χ1v) is 9.49. The van der Waals surface area contributed by atoms with Gasteiger partial charge < -0.3 is 10.1 Å². The second-order valence-electron chi connectivity index (χ2n) is 5.44. The van der Waals surface area contributed by atoms with Gasteiger partial charge in [0.25, 0.3) is 5.91 Å². The molecule has 3 aromatic rings. The zero-order chi connectivity index (χ0) is 18.7. The van der Waals surface area contributed by atoms with Crippen LogP contribution in [0.2, 0.25) is 15.2 Å². The average molecular weight is 428 g/mol. The Hall–Kier alpha value is -1.79. The Labute approximate surface area is 169 Å². The molecule has 0 aliphatic rings. The first kappa shape index (κ1) is 19.0. The van der Waals surface area contributed by atoms with Crippen molar-refractivity contribution in [2.75, 3.05) is 0 Å². The van der Waals surface area contributed by atoms with Crippen LogP contribution in [0.1, 0.15) is 28.2 Å². The summed E-state index contributed by atoms with van der Waals surface area (Å²) in [6, 6.07) is 14.3. The van der Waals surface area contributed by atoms with Gasteiger partial charge in [-0.05, 0) is 60.4 Å². The summed E-state index contributed by atoms with van der Waals surface area (Å²) in [5.41, 5.74) is 0.886. The second-order valence-corrected chi connectivity index (χ2v) is 7.39. The van der Waals surface area contributed by atoms with Crippen molar-refractivity contribution < 1.29 is 9.53 Å². The first-order valence-electron chi connectivity index (χ1n) is 7.59. The van der Waals surface area contributed by atoms with Crippen LogP contribution in [0.25, 0.3) is 0 Å². The highest BCUT2D eigenvalue weighted by atomic mass is 35.5. The molecule has 0 aliphatic heterocycles. The van der Waals surface area contributed by atoms with E-state index in [2.05, 4.69) is 9.69 Å². The highest BCUT2D eigenvalue weighted by molar-refractivity contribution is 7.09. The highest BCUT2D eigenvalue weighted by Crippen LogP contribution is 2.29. The normalized spacial score (nSPS) is 11.8. The van der Waals surface area contributed by atoms with Gasteiger partial charge in [0, 0.05) is 5.02 Å². The lowest BCUT2D eigenvalue weighted by molar-refractivity contribution is 0.0944. The fourth-order valence-corrected chi connectivity index (χ4v) is 3.48. The number of hydrogen-bond donors (Lipinski definition) is 1. The molecule has 1 heterocycles. The van der Waals surface area contributed by atoms with Gasteiger partial charge in [0.05, 0.1) is 6.04 Å². The van der Waals surface area contributed by atoms with Gasteiger partial charge in [-0.15, -0.1) is 0 Å². The molecule has 2 aromatic carbocycles. The van der Waals surface area contributed by atoms with Crippen molar-refractivity contribution in [3.05, 3.63) is 74.2 Å². The summed E-state index contributed by atoms with van der Waals surface area (Å²) >= 11 is 18.6. The van der Waals surface area contributed by atoms with Crippen LogP contribution in [0.15, 0.2) is 48.5 Å². The number of rotatable bonds is 5. The van der Waals surface area contributed by atoms with E-state index in [1.54, 1.807) is 24.3 Å². The van der Waals surface area contributed by atoms with Crippen LogP contribution in [-0.4, -0.2) is 10.3 Å². The Morgan fingerprint density at radius 2 is 1.85 bits per heavy atom. The Balaban J connectivity index is 1.71. The largest absolute Gasteiger partial charge is 0.457 e. The molecule has 0 saturated carbocycles. The Kier molecular flexibility index (Phi) is 6.04. The molecule has 0 fully saturated rings. The second kappa shape index (κ2) is 8.27. The number of nitrogens with zero attached hydrogens (tertiary/aromatic N) is 1. The van der Waals surface area contributed by atoms with Crippen molar-refractivity contribution in [2.45, 2.75) is 13.0 Å². The summed E-state index contributed by atoms with van der Waals surface area (Å²) in [4.78, 5) is 12.6. The zero-order valence-electron chi connectivity index (χ0n) is 13.5. The van der Waals surface area contributed by atoms with Crippen LogP contribution in [0.3, 0.4) is 0 Å². The number of carbonyl (C=O) groups is 1. The van der Waals surface area contributed by atoms with E-state index in [0.717, 1.165) is 17.1 Å². The molecular formula is C18H13Cl3N2O2S. The van der Waals surface area contributed by atoms with Crippen molar-refractivity contribution in [1.82, 2.24) is 9.69 Å². The van der Waals surface area contributed by atoms with Gasteiger partial charge in [-0.2, -0.15) is 4.37 Å². The maximum atomic E-state index is 12.3. The number of hydrogen-bond acceptors (Lipinski definition) is 4. The monoisotopic (exact) mass is 426 g/mol. The van der Waals surface area contributed by atoms with Crippen LogP contribution < -0.4 is 10.1 Å². The van der Waals surface area contributed by atoms with E-state index >= 15 is 0 Å². The summed E-state index contributed by atoms with van der Waals surface area (Å²) in [5.74, 6) is 1.01. The number of nitrogens with one attached hydrogen (secondary N) is 1. The molecule has 0 aliphatic carbocycles. The summed E-state index contributed by atoms with van der Waals surface area (Å²) in [5, 5.41) is 3.82. The number of benzene rings is 2. The molecule has 0 spiro atoms. The molecular weight excluding hydrogens is 415 g/mol. The quantitative estimate of drug-likeness (QED) is 0.513. The van der Waals surface area contributed by atoms with E-state index in [4.69, 9.17) is 39.5 Å². The molecule has 1 atom stereocenters. The van der Waals surface area contributed by atoms with Gasteiger partial charge in [0.15, 0.2) is 5.15 Å². The van der Waals surface area contributed by atoms with Crippen molar-refractivity contribution >= 4 is 52.2 Å². The summed E-state index contributed by atoms with van der Waals surface area (Å²) in [7, 11) is 0. The van der Waals surface area contributed by atoms with Gasteiger partial charge in [-0.1, -0.05) is 46.9 Å². The van der Waals surface area contributed by atoms with Gasteiger partial charge in [-0.3, -0.25) is 4.79 Å². The average Bonchev–Trinajstić information content (AvgIpc) is 2.96. The van der Waals surface area contributed by atoms with Gasteiger partial charge >= 0.3 is 0 Å². The van der Waals surface area contributed by atoms with Gasteiger partial charge in [0.2, 0.25) is 0 Å². The van der Waals surface area contributed by atoms with Crippen LogP contribution in [0, 0.1) is 0 Å². The smallest absolute Gasteiger partial charge is 0.265 e. The van der Waals surface area contributed by atoms with Crippen molar-refractivity contribution in [3.63, 3.8) is 0 Å². The zero-order valence-corrected chi connectivity index (χ0v) is 16.6. The number of amides is 1. The van der Waals surface area contributed by atoms with E-state index in [1.165, 1.54) is 0 Å². The lowest BCUT2D eigenvalue weighted by atomic mass is 10.1. The topological polar surface area (TPSA) is 51.2 Å². The molecule has 134 valence electrons. The number of aromatic nitrogens is 1. The molecule has 3 rings (SSSR count). The van der Waals surface area contributed by atoms with E-state index in [9.17, 15) is 4.79 Å². The maximum Gasteiger partial charge on any atom is 0.265 e. The Morgan fingerprint density at radius 1 is 1.12 bits per heavy atom. The molecule has 0 bridgehead atoms. The summed E-state index contributed by atoms with van der Waals surface area (Å²) < 4.78 is 9.69. The van der Waals surface area contributed by atoms with Gasteiger partial charge in [-0.25, -0.2) is 0 Å². The van der Waals surface area contributed by atoms with E-state index in [0.29, 0.717) is 16.5 Å². The fraction of sp³-hybridized carbons (Fsp3) is 0.111. The number of ether oxygens (including phenoxy) is 1.